The molecule has 0 atom stereocenters. The zero-order chi connectivity index (χ0) is 22.0. The van der Waals surface area contributed by atoms with Crippen molar-refractivity contribution in [3.8, 4) is 11.1 Å². The number of fused-ring (bicyclic) bond motifs is 1. The quantitative estimate of drug-likeness (QED) is 0.584. The largest absolute Gasteiger partial charge is 0.493 e. The lowest BCUT2D eigenvalue weighted by atomic mass is 10.0. The number of carbonyl (C=O) groups excluding carboxylic acids is 2. The third-order valence-corrected chi connectivity index (χ3v) is 5.10. The van der Waals surface area contributed by atoms with Gasteiger partial charge in [-0.15, -0.1) is 0 Å². The molecule has 3 aromatic rings. The Balaban J connectivity index is 1.65. The summed E-state index contributed by atoms with van der Waals surface area (Å²) in [5.74, 6) is -3.24. The first-order chi connectivity index (χ1) is 14.8. The van der Waals surface area contributed by atoms with Crippen LogP contribution in [0.25, 0.3) is 11.1 Å². The molecule has 4 rings (SSSR count). The van der Waals surface area contributed by atoms with Crippen molar-refractivity contribution < 1.29 is 27.6 Å². The van der Waals surface area contributed by atoms with Crippen LogP contribution in [-0.2, 0) is 22.5 Å². The van der Waals surface area contributed by atoms with Crippen molar-refractivity contribution in [3.05, 3.63) is 89.7 Å². The predicted octanol–water partition coefficient (Wildman–Crippen LogP) is 4.38. The third-order valence-electron chi connectivity index (χ3n) is 5.10. The van der Waals surface area contributed by atoms with Gasteiger partial charge in [-0.1, -0.05) is 36.4 Å². The highest BCUT2D eigenvalue weighted by atomic mass is 19.4. The van der Waals surface area contributed by atoms with Gasteiger partial charge in [-0.3, -0.25) is 9.78 Å². The van der Waals surface area contributed by atoms with E-state index in [2.05, 4.69) is 9.82 Å². The second kappa shape index (κ2) is 8.22. The monoisotopic (exact) mass is 426 g/mol. The fraction of sp³-hybridized carbons (Fsp3) is 0.174. The van der Waals surface area contributed by atoms with Crippen molar-refractivity contribution >= 4 is 11.9 Å². The van der Waals surface area contributed by atoms with Gasteiger partial charge in [-0.25, -0.2) is 4.79 Å². The molecule has 2 aromatic carbocycles. The molecule has 0 fully saturated rings. The van der Waals surface area contributed by atoms with Crippen LogP contribution in [0, 0.1) is 0 Å². The number of halogens is 3. The van der Waals surface area contributed by atoms with Crippen LogP contribution in [0.5, 0.6) is 0 Å². The molecule has 0 radical (unpaired) electrons. The molecule has 0 aliphatic heterocycles. The number of hydrogen-bond acceptors (Lipinski definition) is 4. The Morgan fingerprint density at radius 1 is 0.903 bits per heavy atom. The molecule has 0 N–H and O–H groups in total. The van der Waals surface area contributed by atoms with Gasteiger partial charge in [0.2, 0.25) is 0 Å². The number of hydrogen-bond donors (Lipinski definition) is 0. The van der Waals surface area contributed by atoms with Crippen LogP contribution in [-0.4, -0.2) is 34.1 Å². The van der Waals surface area contributed by atoms with Gasteiger partial charge in [0.05, 0.1) is 6.04 Å². The van der Waals surface area contributed by atoms with Gasteiger partial charge in [0, 0.05) is 18.0 Å². The van der Waals surface area contributed by atoms with Crippen molar-refractivity contribution in [1.82, 2.24) is 10.0 Å². The minimum atomic E-state index is -5.22. The number of nitrogens with zero attached hydrogens (tertiary/aromatic N) is 2. The summed E-state index contributed by atoms with van der Waals surface area (Å²) in [5.41, 5.74) is 3.39. The van der Waals surface area contributed by atoms with Gasteiger partial charge in [-0.2, -0.15) is 18.2 Å². The highest BCUT2D eigenvalue weighted by molar-refractivity contribution is 5.96. The lowest BCUT2D eigenvalue weighted by Gasteiger charge is -2.27. The molecule has 158 valence electrons. The summed E-state index contributed by atoms with van der Waals surface area (Å²) in [6, 6.07) is 16.5. The maximum atomic E-state index is 13.2. The van der Waals surface area contributed by atoms with E-state index in [1.807, 2.05) is 24.3 Å². The first-order valence-electron chi connectivity index (χ1n) is 9.53. The second-order valence-electron chi connectivity index (χ2n) is 7.15. The minimum Gasteiger partial charge on any atom is -0.329 e. The van der Waals surface area contributed by atoms with E-state index in [4.69, 9.17) is 0 Å². The minimum absolute atomic E-state index is 0.111. The first kappa shape index (κ1) is 20.6. The van der Waals surface area contributed by atoms with Gasteiger partial charge < -0.3 is 4.84 Å². The molecule has 31 heavy (non-hydrogen) atoms. The van der Waals surface area contributed by atoms with Crippen LogP contribution in [0.2, 0.25) is 0 Å². The number of pyridine rings is 1. The summed E-state index contributed by atoms with van der Waals surface area (Å²) in [4.78, 5) is 33.3. The van der Waals surface area contributed by atoms with Crippen LogP contribution in [0.15, 0.2) is 73.1 Å². The molecule has 5 nitrogen and oxygen atoms in total. The summed E-state index contributed by atoms with van der Waals surface area (Å²) in [6.07, 6.45) is -1.45. The summed E-state index contributed by atoms with van der Waals surface area (Å²) in [6.45, 7) is 0. The number of benzene rings is 2. The van der Waals surface area contributed by atoms with Gasteiger partial charge in [0.15, 0.2) is 0 Å². The standard InChI is InChI=1S/C23H17F3N2O3/c24-23(25,26)22(30)31-28(20-13-17-4-1-2-5-18(17)14-20)21(29)19-7-3-6-16(12-19)15-8-10-27-11-9-15/h1-12,20H,13-14H2. The van der Waals surface area contributed by atoms with Crippen LogP contribution in [0.4, 0.5) is 13.2 Å². The smallest absolute Gasteiger partial charge is 0.329 e. The summed E-state index contributed by atoms with van der Waals surface area (Å²) < 4.78 is 38.7. The lowest BCUT2D eigenvalue weighted by molar-refractivity contribution is -0.233. The number of alkyl halides is 3. The molecule has 0 saturated heterocycles. The fourth-order valence-electron chi connectivity index (χ4n) is 3.63. The van der Waals surface area contributed by atoms with E-state index in [-0.39, 0.29) is 18.4 Å². The van der Waals surface area contributed by atoms with E-state index < -0.39 is 24.1 Å². The average molecular weight is 426 g/mol. The molecule has 1 amide bonds. The zero-order valence-electron chi connectivity index (χ0n) is 16.2. The highest BCUT2D eigenvalue weighted by Gasteiger charge is 2.45. The number of aromatic nitrogens is 1. The molecule has 1 aromatic heterocycles. The van der Waals surface area contributed by atoms with E-state index in [9.17, 15) is 22.8 Å². The van der Waals surface area contributed by atoms with Crippen molar-refractivity contribution in [1.29, 1.82) is 0 Å². The Kier molecular flexibility index (Phi) is 5.46. The highest BCUT2D eigenvalue weighted by Crippen LogP contribution is 2.29. The normalized spacial score (nSPS) is 13.5. The Bertz CT molecular complexity index is 1090. The van der Waals surface area contributed by atoms with Crippen molar-refractivity contribution in [2.24, 2.45) is 0 Å². The van der Waals surface area contributed by atoms with Crippen LogP contribution >= 0.6 is 0 Å². The molecule has 0 bridgehead atoms. The molecule has 1 aliphatic carbocycles. The maximum absolute atomic E-state index is 13.2. The van der Waals surface area contributed by atoms with E-state index in [0.29, 0.717) is 10.6 Å². The second-order valence-corrected chi connectivity index (χ2v) is 7.15. The third kappa shape index (κ3) is 4.42. The molecule has 1 heterocycles. The van der Waals surface area contributed by atoms with Crippen molar-refractivity contribution in [3.63, 3.8) is 0 Å². The number of rotatable bonds is 3. The molecule has 1 aliphatic rings. The molecule has 0 saturated carbocycles. The SMILES string of the molecule is O=C(c1cccc(-c2ccncc2)c1)N(OC(=O)C(F)(F)F)C1Cc2ccccc2C1. The Hall–Kier alpha value is -3.68. The number of hydroxylamine groups is 2. The summed E-state index contributed by atoms with van der Waals surface area (Å²) in [7, 11) is 0. The van der Waals surface area contributed by atoms with E-state index in [0.717, 1.165) is 16.7 Å². The Labute approximate surface area is 176 Å². The average Bonchev–Trinajstić information content (AvgIpc) is 3.21. The van der Waals surface area contributed by atoms with Gasteiger partial charge in [0.25, 0.3) is 5.91 Å². The van der Waals surface area contributed by atoms with Crippen LogP contribution in [0.3, 0.4) is 0 Å². The number of carbonyl (C=O) groups is 2. The van der Waals surface area contributed by atoms with Gasteiger partial charge in [0.1, 0.15) is 0 Å². The van der Waals surface area contributed by atoms with E-state index >= 15 is 0 Å². The van der Waals surface area contributed by atoms with Gasteiger partial charge >= 0.3 is 12.1 Å². The van der Waals surface area contributed by atoms with Crippen LogP contribution < -0.4 is 0 Å². The topological polar surface area (TPSA) is 59.5 Å². The zero-order valence-corrected chi connectivity index (χ0v) is 16.2. The summed E-state index contributed by atoms with van der Waals surface area (Å²) in [5, 5.41) is 0.571. The maximum Gasteiger partial charge on any atom is 0.493 e. The Morgan fingerprint density at radius 2 is 1.55 bits per heavy atom. The van der Waals surface area contributed by atoms with Crippen LogP contribution in [0.1, 0.15) is 21.5 Å². The predicted molar refractivity (Wildman–Crippen MR) is 106 cm³/mol. The van der Waals surface area contributed by atoms with Gasteiger partial charge in [-0.05, 0) is 59.4 Å². The molecular formula is C23H17F3N2O3. The lowest BCUT2D eigenvalue weighted by Crippen LogP contribution is -2.45. The van der Waals surface area contributed by atoms with E-state index in [1.165, 1.54) is 6.07 Å². The molecular weight excluding hydrogens is 409 g/mol. The summed E-state index contributed by atoms with van der Waals surface area (Å²) >= 11 is 0. The number of amides is 1. The fourth-order valence-corrected chi connectivity index (χ4v) is 3.63. The first-order valence-corrected chi connectivity index (χ1v) is 9.53. The molecule has 8 heteroatoms. The molecule has 0 spiro atoms. The van der Waals surface area contributed by atoms with Crippen molar-refractivity contribution in [2.45, 2.75) is 25.1 Å². The Morgan fingerprint density at radius 3 is 2.16 bits per heavy atom. The van der Waals surface area contributed by atoms with E-state index in [1.54, 1.807) is 42.7 Å². The van der Waals surface area contributed by atoms with Crippen molar-refractivity contribution in [2.75, 3.05) is 0 Å². The molecule has 0 unspecified atom stereocenters.